The average molecular weight is 341 g/mol. The quantitative estimate of drug-likeness (QED) is 0.814. The number of hydrogen-bond donors (Lipinski definition) is 2. The molecule has 5 heteroatoms. The van der Waals surface area contributed by atoms with Crippen LogP contribution in [0.25, 0.3) is 0 Å². The highest BCUT2D eigenvalue weighted by molar-refractivity contribution is 7.98. The Hall–Kier alpha value is -1.85. The molecule has 2 heterocycles. The molecule has 4 nitrogen and oxygen atoms in total. The lowest BCUT2D eigenvalue weighted by molar-refractivity contribution is -0.119. The maximum Gasteiger partial charge on any atom is 0.241 e. The second kappa shape index (κ2) is 8.31. The van der Waals surface area contributed by atoms with Crippen LogP contribution in [0.3, 0.4) is 0 Å². The summed E-state index contributed by atoms with van der Waals surface area (Å²) in [7, 11) is 0. The van der Waals surface area contributed by atoms with Crippen molar-refractivity contribution in [3.8, 4) is 0 Å². The molecule has 1 aliphatic rings. The fraction of sp³-hybridized carbons (Fsp3) is 0.368. The van der Waals surface area contributed by atoms with E-state index in [4.69, 9.17) is 0 Å². The van der Waals surface area contributed by atoms with Crippen LogP contribution in [0.1, 0.15) is 25.3 Å². The van der Waals surface area contributed by atoms with E-state index in [0.717, 1.165) is 30.8 Å². The summed E-state index contributed by atoms with van der Waals surface area (Å²) >= 11 is 1.76. The summed E-state index contributed by atoms with van der Waals surface area (Å²) in [6.45, 7) is 3.12. The third-order valence-electron chi connectivity index (χ3n) is 4.23. The normalized spacial score (nSPS) is 20.5. The van der Waals surface area contributed by atoms with Crippen LogP contribution in [-0.2, 0) is 10.5 Å². The van der Waals surface area contributed by atoms with Crippen molar-refractivity contribution < 1.29 is 4.79 Å². The van der Waals surface area contributed by atoms with Gasteiger partial charge in [0.05, 0.1) is 6.04 Å². The molecule has 24 heavy (non-hydrogen) atoms. The summed E-state index contributed by atoms with van der Waals surface area (Å²) in [5, 5.41) is 6.31. The Balaban J connectivity index is 1.51. The number of anilines is 1. The zero-order chi connectivity index (χ0) is 16.8. The van der Waals surface area contributed by atoms with Gasteiger partial charge in [0.15, 0.2) is 0 Å². The smallest absolute Gasteiger partial charge is 0.241 e. The molecule has 2 aromatic rings. The topological polar surface area (TPSA) is 54.0 Å². The van der Waals surface area contributed by atoms with E-state index >= 15 is 0 Å². The van der Waals surface area contributed by atoms with Crippen LogP contribution >= 0.6 is 11.8 Å². The molecule has 126 valence electrons. The molecule has 0 spiro atoms. The van der Waals surface area contributed by atoms with Crippen LogP contribution in [0.2, 0.25) is 0 Å². The van der Waals surface area contributed by atoms with Gasteiger partial charge in [-0.15, -0.1) is 11.8 Å². The SMILES string of the molecule is CC1CCNC(C(=O)Nc2ccc(SCc3cccnc3)cc2)C1. The lowest BCUT2D eigenvalue weighted by atomic mass is 9.94. The van der Waals surface area contributed by atoms with Gasteiger partial charge in [-0.2, -0.15) is 0 Å². The molecular weight excluding hydrogens is 318 g/mol. The number of hydrogen-bond acceptors (Lipinski definition) is 4. The molecule has 1 fully saturated rings. The molecule has 0 bridgehead atoms. The molecule has 1 aliphatic heterocycles. The fourth-order valence-electron chi connectivity index (χ4n) is 2.82. The minimum atomic E-state index is -0.0756. The van der Waals surface area contributed by atoms with Gasteiger partial charge in [-0.1, -0.05) is 13.0 Å². The lowest BCUT2D eigenvalue weighted by Crippen LogP contribution is -2.45. The van der Waals surface area contributed by atoms with E-state index in [1.54, 1.807) is 18.0 Å². The first-order valence-electron chi connectivity index (χ1n) is 8.37. The van der Waals surface area contributed by atoms with Gasteiger partial charge >= 0.3 is 0 Å². The van der Waals surface area contributed by atoms with Crippen LogP contribution in [0.15, 0.2) is 53.7 Å². The Bertz CT molecular complexity index is 660. The van der Waals surface area contributed by atoms with E-state index in [1.807, 2.05) is 36.5 Å². The van der Waals surface area contributed by atoms with Crippen molar-refractivity contribution in [2.24, 2.45) is 5.92 Å². The molecule has 2 unspecified atom stereocenters. The fourth-order valence-corrected chi connectivity index (χ4v) is 3.65. The van der Waals surface area contributed by atoms with E-state index in [0.29, 0.717) is 5.92 Å². The molecule has 2 N–H and O–H groups in total. The number of piperidine rings is 1. The van der Waals surface area contributed by atoms with Crippen molar-refractivity contribution in [1.82, 2.24) is 10.3 Å². The first-order valence-corrected chi connectivity index (χ1v) is 9.35. The molecular formula is C19H23N3OS. The van der Waals surface area contributed by atoms with Crippen molar-refractivity contribution >= 4 is 23.4 Å². The number of nitrogens with zero attached hydrogens (tertiary/aromatic N) is 1. The highest BCUT2D eigenvalue weighted by atomic mass is 32.2. The second-order valence-corrected chi connectivity index (χ2v) is 7.35. The number of thioether (sulfide) groups is 1. The number of carbonyl (C=O) groups is 1. The number of rotatable bonds is 5. The molecule has 1 aromatic carbocycles. The van der Waals surface area contributed by atoms with Gasteiger partial charge in [-0.3, -0.25) is 9.78 Å². The van der Waals surface area contributed by atoms with Crippen LogP contribution in [0, 0.1) is 5.92 Å². The van der Waals surface area contributed by atoms with Crippen molar-refractivity contribution in [3.63, 3.8) is 0 Å². The van der Waals surface area contributed by atoms with Crippen LogP contribution in [0.5, 0.6) is 0 Å². The minimum Gasteiger partial charge on any atom is -0.325 e. The molecule has 1 aromatic heterocycles. The number of aromatic nitrogens is 1. The zero-order valence-corrected chi connectivity index (χ0v) is 14.7. The maximum absolute atomic E-state index is 12.3. The van der Waals surface area contributed by atoms with Gasteiger partial charge in [-0.25, -0.2) is 0 Å². The second-order valence-electron chi connectivity index (χ2n) is 6.30. The van der Waals surface area contributed by atoms with Crippen molar-refractivity contribution in [1.29, 1.82) is 0 Å². The average Bonchev–Trinajstić information content (AvgIpc) is 2.62. The van der Waals surface area contributed by atoms with Crippen LogP contribution in [-0.4, -0.2) is 23.5 Å². The summed E-state index contributed by atoms with van der Waals surface area (Å²) in [6.07, 6.45) is 5.73. The van der Waals surface area contributed by atoms with Crippen LogP contribution < -0.4 is 10.6 Å². The highest BCUT2D eigenvalue weighted by Gasteiger charge is 2.24. The Kier molecular flexibility index (Phi) is 5.88. The van der Waals surface area contributed by atoms with Gasteiger partial charge in [0.25, 0.3) is 0 Å². The summed E-state index contributed by atoms with van der Waals surface area (Å²) in [6, 6.07) is 12.0. The zero-order valence-electron chi connectivity index (χ0n) is 13.9. The first kappa shape index (κ1) is 17.0. The Morgan fingerprint density at radius 1 is 1.33 bits per heavy atom. The summed E-state index contributed by atoms with van der Waals surface area (Å²) in [4.78, 5) is 17.6. The summed E-state index contributed by atoms with van der Waals surface area (Å²) < 4.78 is 0. The Morgan fingerprint density at radius 2 is 2.17 bits per heavy atom. The summed E-state index contributed by atoms with van der Waals surface area (Å²) in [5.74, 6) is 1.56. The third-order valence-corrected chi connectivity index (χ3v) is 5.32. The molecule has 3 rings (SSSR count). The highest BCUT2D eigenvalue weighted by Crippen LogP contribution is 2.24. The molecule has 1 saturated heterocycles. The van der Waals surface area contributed by atoms with Crippen molar-refractivity contribution in [2.45, 2.75) is 36.5 Å². The molecule has 0 radical (unpaired) electrons. The Labute approximate surface area is 147 Å². The predicted octanol–water partition coefficient (Wildman–Crippen LogP) is 3.70. The van der Waals surface area contributed by atoms with E-state index < -0.39 is 0 Å². The third kappa shape index (κ3) is 4.82. The monoisotopic (exact) mass is 341 g/mol. The first-order chi connectivity index (χ1) is 11.7. The van der Waals surface area contributed by atoms with Crippen LogP contribution in [0.4, 0.5) is 5.69 Å². The predicted molar refractivity (Wildman–Crippen MR) is 99.1 cm³/mol. The number of amides is 1. The van der Waals surface area contributed by atoms with Crippen molar-refractivity contribution in [3.05, 3.63) is 54.4 Å². The largest absolute Gasteiger partial charge is 0.325 e. The maximum atomic E-state index is 12.3. The van der Waals surface area contributed by atoms with E-state index in [-0.39, 0.29) is 11.9 Å². The standard InChI is InChI=1S/C19H23N3OS/c1-14-8-10-21-18(11-14)19(23)22-16-4-6-17(7-5-16)24-13-15-3-2-9-20-12-15/h2-7,9,12,14,18,21H,8,10-11,13H2,1H3,(H,22,23). The van der Waals surface area contributed by atoms with E-state index in [1.165, 1.54) is 10.5 Å². The molecule has 1 amide bonds. The lowest BCUT2D eigenvalue weighted by Gasteiger charge is -2.27. The van der Waals surface area contributed by atoms with Gasteiger partial charge in [0.2, 0.25) is 5.91 Å². The summed E-state index contributed by atoms with van der Waals surface area (Å²) in [5.41, 5.74) is 2.06. The molecule has 0 saturated carbocycles. The van der Waals surface area contributed by atoms with E-state index in [2.05, 4.69) is 28.6 Å². The number of nitrogens with one attached hydrogen (secondary N) is 2. The number of benzene rings is 1. The molecule has 0 aliphatic carbocycles. The number of pyridine rings is 1. The molecule has 2 atom stereocenters. The van der Waals surface area contributed by atoms with E-state index in [9.17, 15) is 4.79 Å². The van der Waals surface area contributed by atoms with Gasteiger partial charge < -0.3 is 10.6 Å². The number of carbonyl (C=O) groups excluding carboxylic acids is 1. The van der Waals surface area contributed by atoms with Gasteiger partial charge in [0, 0.05) is 28.7 Å². The minimum absolute atomic E-state index is 0.0670. The van der Waals surface area contributed by atoms with Crippen molar-refractivity contribution in [2.75, 3.05) is 11.9 Å². The van der Waals surface area contributed by atoms with Gasteiger partial charge in [0.1, 0.15) is 0 Å². The Morgan fingerprint density at radius 3 is 2.88 bits per heavy atom. The van der Waals surface area contributed by atoms with Gasteiger partial charge in [-0.05, 0) is 61.2 Å².